The van der Waals surface area contributed by atoms with Crippen LogP contribution in [0.1, 0.15) is 38.8 Å². The second-order valence-corrected chi connectivity index (χ2v) is 7.16. The lowest BCUT2D eigenvalue weighted by Crippen LogP contribution is -2.57. The van der Waals surface area contributed by atoms with Crippen LogP contribution < -0.4 is 11.1 Å². The van der Waals surface area contributed by atoms with E-state index in [9.17, 15) is 4.79 Å². The quantitative estimate of drug-likeness (QED) is 0.886. The third-order valence-electron chi connectivity index (χ3n) is 4.25. The summed E-state index contributed by atoms with van der Waals surface area (Å²) in [5.41, 5.74) is 7.74. The molecule has 1 aromatic carbocycles. The minimum Gasteiger partial charge on any atom is -0.353 e. The maximum Gasteiger partial charge on any atom is 0.239 e. The van der Waals surface area contributed by atoms with E-state index in [4.69, 9.17) is 5.73 Å². The van der Waals surface area contributed by atoms with E-state index in [0.717, 1.165) is 19.5 Å². The first kappa shape index (κ1) is 16.0. The molecule has 0 radical (unpaired) electrons. The predicted octanol–water partition coefficient (Wildman–Crippen LogP) is 1.68. The molecule has 0 unspecified atom stereocenters. The monoisotopic (exact) mass is 289 g/mol. The molecule has 3 N–H and O–H groups in total. The molecular weight excluding hydrogens is 262 g/mol. The zero-order valence-electron chi connectivity index (χ0n) is 13.6. The van der Waals surface area contributed by atoms with Crippen LogP contribution in [0.2, 0.25) is 0 Å². The summed E-state index contributed by atoms with van der Waals surface area (Å²) in [5.74, 6) is -0.104. The Balaban J connectivity index is 1.99. The molecule has 1 aliphatic heterocycles. The van der Waals surface area contributed by atoms with E-state index in [1.54, 1.807) is 13.8 Å². The fourth-order valence-electron chi connectivity index (χ4n) is 2.65. The Bertz CT molecular complexity index is 517. The molecule has 4 heteroatoms. The van der Waals surface area contributed by atoms with Gasteiger partial charge < -0.3 is 11.1 Å². The highest BCUT2D eigenvalue weighted by Gasteiger charge is 2.31. The topological polar surface area (TPSA) is 58.4 Å². The highest BCUT2D eigenvalue weighted by atomic mass is 16.2. The van der Waals surface area contributed by atoms with Crippen LogP contribution in [0.3, 0.4) is 0 Å². The van der Waals surface area contributed by atoms with Crippen molar-refractivity contribution in [1.82, 2.24) is 10.2 Å². The summed E-state index contributed by atoms with van der Waals surface area (Å²) in [6.07, 6.45) is 1.07. The minimum atomic E-state index is -0.829. The number of rotatable bonds is 4. The van der Waals surface area contributed by atoms with Gasteiger partial charge in [0.25, 0.3) is 0 Å². The Kier molecular flexibility index (Phi) is 4.40. The lowest BCUT2D eigenvalue weighted by molar-refractivity contribution is -0.125. The minimum absolute atomic E-state index is 0.0888. The van der Waals surface area contributed by atoms with Crippen LogP contribution in [0.4, 0.5) is 0 Å². The van der Waals surface area contributed by atoms with E-state index in [2.05, 4.69) is 48.3 Å². The molecule has 0 spiro atoms. The van der Waals surface area contributed by atoms with Gasteiger partial charge in [-0.05, 0) is 45.2 Å². The van der Waals surface area contributed by atoms with E-state index in [0.29, 0.717) is 6.54 Å². The number of fused-ring (bicyclic) bond motifs is 1. The Hall–Kier alpha value is -1.39. The van der Waals surface area contributed by atoms with Gasteiger partial charge in [-0.2, -0.15) is 0 Å². The number of benzene rings is 1. The molecule has 1 heterocycles. The second-order valence-electron chi connectivity index (χ2n) is 7.16. The molecule has 116 valence electrons. The summed E-state index contributed by atoms with van der Waals surface area (Å²) in [7, 11) is 0. The third-order valence-corrected chi connectivity index (χ3v) is 4.25. The summed E-state index contributed by atoms with van der Waals surface area (Å²) >= 11 is 0. The predicted molar refractivity (Wildman–Crippen MR) is 85.9 cm³/mol. The molecule has 2 rings (SSSR count). The molecule has 1 aromatic rings. The fourth-order valence-corrected chi connectivity index (χ4v) is 2.65. The smallest absolute Gasteiger partial charge is 0.239 e. The lowest BCUT2D eigenvalue weighted by Gasteiger charge is -2.42. The maximum atomic E-state index is 11.9. The number of carbonyl (C=O) groups is 1. The van der Waals surface area contributed by atoms with Crippen molar-refractivity contribution in [3.63, 3.8) is 0 Å². The standard InChI is InChI=1S/C17H27N3O/c1-16(2,12-19-15(21)17(3,4)18)20-10-9-13-7-5-6-8-14(13)11-20/h5-8H,9-12,18H2,1-4H3,(H,19,21). The van der Waals surface area contributed by atoms with Gasteiger partial charge in [0.1, 0.15) is 0 Å². The van der Waals surface area contributed by atoms with Gasteiger partial charge >= 0.3 is 0 Å². The molecule has 1 amide bonds. The van der Waals surface area contributed by atoms with E-state index < -0.39 is 5.54 Å². The first-order chi connectivity index (χ1) is 9.70. The number of hydrogen-bond donors (Lipinski definition) is 2. The summed E-state index contributed by atoms with van der Waals surface area (Å²) < 4.78 is 0. The Morgan fingerprint density at radius 2 is 1.86 bits per heavy atom. The normalized spacial score (nSPS) is 16.4. The molecule has 0 bridgehead atoms. The van der Waals surface area contributed by atoms with Crippen LogP contribution in [0, 0.1) is 0 Å². The van der Waals surface area contributed by atoms with Crippen LogP contribution in [0.25, 0.3) is 0 Å². The summed E-state index contributed by atoms with van der Waals surface area (Å²) in [6.45, 7) is 10.4. The molecule has 4 nitrogen and oxygen atoms in total. The second kappa shape index (κ2) is 5.78. The van der Waals surface area contributed by atoms with Gasteiger partial charge in [0.15, 0.2) is 0 Å². The van der Waals surface area contributed by atoms with Crippen molar-refractivity contribution in [2.24, 2.45) is 5.73 Å². The zero-order valence-corrected chi connectivity index (χ0v) is 13.6. The fraction of sp³-hybridized carbons (Fsp3) is 0.588. The molecule has 21 heavy (non-hydrogen) atoms. The molecule has 0 aromatic heterocycles. The number of nitrogens with two attached hydrogens (primary N) is 1. The highest BCUT2D eigenvalue weighted by molar-refractivity contribution is 5.85. The van der Waals surface area contributed by atoms with E-state index >= 15 is 0 Å². The Morgan fingerprint density at radius 1 is 1.24 bits per heavy atom. The van der Waals surface area contributed by atoms with Gasteiger partial charge in [-0.3, -0.25) is 9.69 Å². The number of nitrogens with zero attached hydrogens (tertiary/aromatic N) is 1. The van der Waals surface area contributed by atoms with Gasteiger partial charge in [-0.1, -0.05) is 24.3 Å². The van der Waals surface area contributed by atoms with Crippen molar-refractivity contribution in [1.29, 1.82) is 0 Å². The van der Waals surface area contributed by atoms with Crippen molar-refractivity contribution < 1.29 is 4.79 Å². The maximum absolute atomic E-state index is 11.9. The van der Waals surface area contributed by atoms with Gasteiger partial charge in [0, 0.05) is 25.2 Å². The van der Waals surface area contributed by atoms with E-state index in [1.165, 1.54) is 11.1 Å². The molecule has 0 aliphatic carbocycles. The van der Waals surface area contributed by atoms with Gasteiger partial charge in [-0.15, -0.1) is 0 Å². The highest BCUT2D eigenvalue weighted by Crippen LogP contribution is 2.24. The first-order valence-electron chi connectivity index (χ1n) is 7.59. The van der Waals surface area contributed by atoms with Gasteiger partial charge in [-0.25, -0.2) is 0 Å². The lowest BCUT2D eigenvalue weighted by atomic mass is 9.93. The third kappa shape index (κ3) is 3.83. The largest absolute Gasteiger partial charge is 0.353 e. The molecule has 1 aliphatic rings. The average molecular weight is 289 g/mol. The zero-order chi connectivity index (χ0) is 15.7. The van der Waals surface area contributed by atoms with Crippen molar-refractivity contribution >= 4 is 5.91 Å². The van der Waals surface area contributed by atoms with Crippen LogP contribution >= 0.6 is 0 Å². The van der Waals surface area contributed by atoms with Crippen LogP contribution in [0.15, 0.2) is 24.3 Å². The van der Waals surface area contributed by atoms with E-state index in [1.807, 2.05) is 0 Å². The molecule has 0 atom stereocenters. The van der Waals surface area contributed by atoms with Crippen LogP contribution in [0.5, 0.6) is 0 Å². The van der Waals surface area contributed by atoms with Crippen molar-refractivity contribution in [2.75, 3.05) is 13.1 Å². The van der Waals surface area contributed by atoms with Crippen molar-refractivity contribution in [2.45, 2.75) is 51.7 Å². The molecule has 0 fully saturated rings. The van der Waals surface area contributed by atoms with Crippen molar-refractivity contribution in [3.8, 4) is 0 Å². The number of amides is 1. The van der Waals surface area contributed by atoms with Gasteiger partial charge in [0.05, 0.1) is 5.54 Å². The first-order valence-corrected chi connectivity index (χ1v) is 7.59. The average Bonchev–Trinajstić information content (AvgIpc) is 2.43. The Morgan fingerprint density at radius 3 is 2.48 bits per heavy atom. The van der Waals surface area contributed by atoms with Gasteiger partial charge in [0.2, 0.25) is 5.91 Å². The molecule has 0 saturated heterocycles. The summed E-state index contributed by atoms with van der Waals surface area (Å²) in [5, 5.41) is 2.98. The van der Waals surface area contributed by atoms with E-state index in [-0.39, 0.29) is 11.4 Å². The number of nitrogens with one attached hydrogen (secondary N) is 1. The molecule has 0 saturated carbocycles. The van der Waals surface area contributed by atoms with Crippen LogP contribution in [-0.2, 0) is 17.8 Å². The van der Waals surface area contributed by atoms with Crippen LogP contribution in [-0.4, -0.2) is 35.0 Å². The molecular formula is C17H27N3O. The number of carbonyl (C=O) groups excluding carboxylic acids is 1. The summed E-state index contributed by atoms with van der Waals surface area (Å²) in [6, 6.07) is 8.59. The summed E-state index contributed by atoms with van der Waals surface area (Å²) in [4.78, 5) is 14.4. The SMILES string of the molecule is CC(C)(N)C(=O)NCC(C)(C)N1CCc2ccccc2C1. The number of hydrogen-bond acceptors (Lipinski definition) is 3. The Labute approximate surface area is 127 Å². The van der Waals surface area contributed by atoms with Crippen molar-refractivity contribution in [3.05, 3.63) is 35.4 Å².